The topological polar surface area (TPSA) is 28.0 Å². The Kier molecular flexibility index (Phi) is 7.31. The zero-order chi connectivity index (χ0) is 36.3. The Morgan fingerprint density at radius 2 is 1.05 bits per heavy atom. The molecule has 0 aliphatic carbocycles. The number of allylic oxidation sites excluding steroid dienone is 1. The van der Waals surface area contributed by atoms with Gasteiger partial charge in [-0.2, -0.15) is 0 Å². The number of nitrogens with zero attached hydrogens (tertiary/aromatic N) is 3. The fourth-order valence-electron chi connectivity index (χ4n) is 8.73. The van der Waals surface area contributed by atoms with Gasteiger partial charge in [0.1, 0.15) is 0 Å². The lowest BCUT2D eigenvalue weighted by atomic mass is 9.84. The molecule has 258 valence electrons. The van der Waals surface area contributed by atoms with Crippen LogP contribution in [0.15, 0.2) is 204 Å². The Balaban J connectivity index is 1.19. The predicted octanol–water partition coefficient (Wildman–Crippen LogP) is 13.5. The van der Waals surface area contributed by atoms with Crippen LogP contribution in [0.25, 0.3) is 48.8 Å². The minimum absolute atomic E-state index is 0.0560. The van der Waals surface area contributed by atoms with Crippen LogP contribution in [0, 0.1) is 0 Å². The van der Waals surface area contributed by atoms with Crippen LogP contribution in [-0.4, -0.2) is 11.5 Å². The molecule has 2 aliphatic heterocycles. The summed E-state index contributed by atoms with van der Waals surface area (Å²) in [5.41, 5.74) is 9.65. The molecular weight excluding hydrogens is 667 g/mol. The van der Waals surface area contributed by atoms with Crippen molar-refractivity contribution in [3.8, 4) is 0 Å². The lowest BCUT2D eigenvalue weighted by Crippen LogP contribution is -2.20. The van der Waals surface area contributed by atoms with E-state index in [0.717, 1.165) is 51.6 Å². The van der Waals surface area contributed by atoms with E-state index in [1.807, 2.05) is 0 Å². The first-order chi connectivity index (χ1) is 27.3. The molecule has 0 amide bonds. The predicted molar refractivity (Wildman–Crippen MR) is 232 cm³/mol. The monoisotopic (exact) mass is 701 g/mol. The number of rotatable bonds is 3. The Morgan fingerprint density at radius 3 is 1.93 bits per heavy atom. The second-order valence-corrected chi connectivity index (χ2v) is 14.5. The SMILES string of the molecule is C1=C2/N=C(c3ccc4ccccc4c3)\N=C(\c3ccc4c(ccc5c6ccccc6ccc45)c3)C(C/1)c1ccccc1N(c1ccccc1)c1ccccc12. The highest BCUT2D eigenvalue weighted by Crippen LogP contribution is 2.46. The van der Waals surface area contributed by atoms with E-state index >= 15 is 0 Å². The number of hydrogen-bond donors (Lipinski definition) is 0. The first-order valence-corrected chi connectivity index (χ1v) is 19.0. The van der Waals surface area contributed by atoms with Gasteiger partial charge in [-0.3, -0.25) is 0 Å². The van der Waals surface area contributed by atoms with E-state index in [1.54, 1.807) is 0 Å². The quantitative estimate of drug-likeness (QED) is 0.169. The third kappa shape index (κ3) is 5.27. The van der Waals surface area contributed by atoms with Crippen molar-refractivity contribution < 1.29 is 0 Å². The number of amidine groups is 1. The maximum absolute atomic E-state index is 5.70. The number of benzene rings is 9. The van der Waals surface area contributed by atoms with Crippen LogP contribution < -0.4 is 4.90 Å². The third-order valence-electron chi connectivity index (χ3n) is 11.4. The molecule has 1 unspecified atom stereocenters. The molecule has 2 heterocycles. The molecule has 11 rings (SSSR count). The number of hydrogen-bond acceptors (Lipinski definition) is 3. The van der Waals surface area contributed by atoms with Gasteiger partial charge < -0.3 is 4.90 Å². The smallest absolute Gasteiger partial charge is 0.160 e. The van der Waals surface area contributed by atoms with Crippen molar-refractivity contribution in [3.63, 3.8) is 0 Å². The van der Waals surface area contributed by atoms with E-state index in [-0.39, 0.29) is 5.92 Å². The van der Waals surface area contributed by atoms with Crippen LogP contribution in [0.5, 0.6) is 0 Å². The maximum atomic E-state index is 5.70. The summed E-state index contributed by atoms with van der Waals surface area (Å²) in [6.07, 6.45) is 3.09. The van der Waals surface area contributed by atoms with Gasteiger partial charge >= 0.3 is 0 Å². The van der Waals surface area contributed by atoms with E-state index in [1.165, 1.54) is 48.7 Å². The first-order valence-electron chi connectivity index (χ1n) is 19.0. The Labute approximate surface area is 319 Å². The zero-order valence-electron chi connectivity index (χ0n) is 30.1. The number of anilines is 3. The van der Waals surface area contributed by atoms with Gasteiger partial charge in [-0.05, 0) is 97.0 Å². The van der Waals surface area contributed by atoms with E-state index < -0.39 is 0 Å². The Bertz CT molecular complexity index is 3080. The highest BCUT2D eigenvalue weighted by Gasteiger charge is 2.30. The van der Waals surface area contributed by atoms with Crippen LogP contribution in [-0.2, 0) is 0 Å². The minimum atomic E-state index is -0.0560. The summed E-state index contributed by atoms with van der Waals surface area (Å²) in [4.78, 5) is 13.6. The molecule has 55 heavy (non-hydrogen) atoms. The molecule has 0 saturated heterocycles. The second kappa shape index (κ2) is 12.8. The standard InChI is InChI=1S/C52H35N3/c1-2-15-40(16-3-1)55-49-20-10-8-18-45(49)46-30-31-48(47-19-9-11-21-50(47)55)53-52(39-23-22-34-12-4-5-14-36(34)32-39)54-51(46)38-26-27-42-37(33-38)25-29-43-41-17-7-6-13-35(41)24-28-44(42)43/h1-29,31-33,46H,30H2/b48-31+,53-52-,54-51-. The van der Waals surface area contributed by atoms with Gasteiger partial charge in [0.05, 0.1) is 22.8 Å². The molecule has 0 N–H and O–H groups in total. The van der Waals surface area contributed by atoms with Crippen LogP contribution in [0.4, 0.5) is 17.1 Å². The Morgan fingerprint density at radius 1 is 0.436 bits per heavy atom. The molecular formula is C52H35N3. The molecule has 1 atom stereocenters. The molecule has 0 saturated carbocycles. The summed E-state index contributed by atoms with van der Waals surface area (Å²) in [5, 5.41) is 9.87. The summed E-state index contributed by atoms with van der Waals surface area (Å²) in [7, 11) is 0. The highest BCUT2D eigenvalue weighted by atomic mass is 15.2. The average Bonchev–Trinajstić information content (AvgIpc) is 3.28. The van der Waals surface area contributed by atoms with Gasteiger partial charge in [-0.15, -0.1) is 0 Å². The largest absolute Gasteiger partial charge is 0.310 e. The van der Waals surface area contributed by atoms with Crippen molar-refractivity contribution in [3.05, 3.63) is 216 Å². The van der Waals surface area contributed by atoms with Crippen LogP contribution >= 0.6 is 0 Å². The fourth-order valence-corrected chi connectivity index (χ4v) is 8.73. The Hall–Kier alpha value is -7.10. The first kappa shape index (κ1) is 31.4. The lowest BCUT2D eigenvalue weighted by molar-refractivity contribution is 0.905. The summed E-state index contributed by atoms with van der Waals surface area (Å²) < 4.78 is 0. The van der Waals surface area contributed by atoms with Crippen molar-refractivity contribution in [2.75, 3.05) is 4.90 Å². The van der Waals surface area contributed by atoms with E-state index in [0.29, 0.717) is 5.84 Å². The van der Waals surface area contributed by atoms with Crippen LogP contribution in [0.2, 0.25) is 0 Å². The summed E-state index contributed by atoms with van der Waals surface area (Å²) in [6, 6.07) is 68.0. The lowest BCUT2D eigenvalue weighted by Gasteiger charge is -2.30. The van der Waals surface area contributed by atoms with E-state index in [4.69, 9.17) is 9.98 Å². The summed E-state index contributed by atoms with van der Waals surface area (Å²) in [5.74, 6) is 0.654. The van der Waals surface area contributed by atoms with Crippen LogP contribution in [0.3, 0.4) is 0 Å². The molecule has 0 fully saturated rings. The number of para-hydroxylation sites is 3. The normalized spacial score (nSPS) is 18.1. The summed E-state index contributed by atoms with van der Waals surface area (Å²) >= 11 is 0. The van der Waals surface area contributed by atoms with E-state index in [9.17, 15) is 0 Å². The van der Waals surface area contributed by atoms with E-state index in [2.05, 4.69) is 199 Å². The maximum Gasteiger partial charge on any atom is 0.160 e. The van der Waals surface area contributed by atoms with Crippen LogP contribution in [0.1, 0.15) is 34.6 Å². The van der Waals surface area contributed by atoms with Crippen molar-refractivity contribution in [2.45, 2.75) is 12.3 Å². The van der Waals surface area contributed by atoms with Gasteiger partial charge in [0.2, 0.25) is 0 Å². The average molecular weight is 702 g/mol. The fraction of sp³-hybridized carbons (Fsp3) is 0.0385. The molecule has 0 aromatic heterocycles. The second-order valence-electron chi connectivity index (χ2n) is 14.5. The van der Waals surface area contributed by atoms with Gasteiger partial charge in [0, 0.05) is 22.7 Å². The molecule has 9 aromatic rings. The molecule has 2 aliphatic rings. The minimum Gasteiger partial charge on any atom is -0.310 e. The molecule has 3 heteroatoms. The van der Waals surface area contributed by atoms with Gasteiger partial charge in [0.25, 0.3) is 0 Å². The highest BCUT2D eigenvalue weighted by molar-refractivity contribution is 6.21. The number of aliphatic imine (C=N–C) groups is 2. The van der Waals surface area contributed by atoms with Crippen molar-refractivity contribution in [1.29, 1.82) is 0 Å². The van der Waals surface area contributed by atoms with Gasteiger partial charge in [-0.25, -0.2) is 9.98 Å². The van der Waals surface area contributed by atoms with Crippen molar-refractivity contribution in [2.24, 2.45) is 9.98 Å². The van der Waals surface area contributed by atoms with Crippen molar-refractivity contribution in [1.82, 2.24) is 0 Å². The molecule has 3 nitrogen and oxygen atoms in total. The molecule has 2 bridgehead atoms. The molecule has 0 spiro atoms. The van der Waals surface area contributed by atoms with Crippen molar-refractivity contribution >= 4 is 77.4 Å². The summed E-state index contributed by atoms with van der Waals surface area (Å²) in [6.45, 7) is 0. The molecule has 9 aromatic carbocycles. The van der Waals surface area contributed by atoms with Gasteiger partial charge in [-0.1, -0.05) is 158 Å². The third-order valence-corrected chi connectivity index (χ3v) is 11.4. The number of fused-ring (bicyclic) bond motifs is 12. The zero-order valence-corrected chi connectivity index (χ0v) is 30.1. The van der Waals surface area contributed by atoms with Gasteiger partial charge in [0.15, 0.2) is 5.84 Å². The molecule has 0 radical (unpaired) electrons.